The van der Waals surface area contributed by atoms with E-state index in [2.05, 4.69) is 49.6 Å². The van der Waals surface area contributed by atoms with Crippen molar-refractivity contribution in [2.45, 2.75) is 64.8 Å². The molecule has 0 saturated carbocycles. The summed E-state index contributed by atoms with van der Waals surface area (Å²) in [6.07, 6.45) is 4.69. The van der Waals surface area contributed by atoms with Crippen molar-refractivity contribution in [1.82, 2.24) is 5.32 Å². The summed E-state index contributed by atoms with van der Waals surface area (Å²) >= 11 is 0. The van der Waals surface area contributed by atoms with E-state index in [-0.39, 0.29) is 11.5 Å². The lowest BCUT2D eigenvalue weighted by Crippen LogP contribution is -2.37. The van der Waals surface area contributed by atoms with Crippen molar-refractivity contribution in [2.24, 2.45) is 0 Å². The standard InChI is InChI=1S/C24H30N2O2/c1-16(18-10-9-17-7-5-6-8-19(17)15-18)25-22(27)23(28)26-21-13-11-20(12-14-21)24(2,3)4/h9-16H,5-8H2,1-4H3,(H,25,27)(H,26,28). The van der Waals surface area contributed by atoms with Gasteiger partial charge >= 0.3 is 11.8 Å². The van der Waals surface area contributed by atoms with Gasteiger partial charge in [0.2, 0.25) is 0 Å². The van der Waals surface area contributed by atoms with E-state index in [0.29, 0.717) is 5.69 Å². The van der Waals surface area contributed by atoms with E-state index in [1.807, 2.05) is 31.2 Å². The maximum atomic E-state index is 12.3. The molecule has 1 atom stereocenters. The number of carbonyl (C=O) groups excluding carboxylic acids is 2. The van der Waals surface area contributed by atoms with Crippen LogP contribution in [0.15, 0.2) is 42.5 Å². The molecular weight excluding hydrogens is 348 g/mol. The molecule has 1 aliphatic carbocycles. The van der Waals surface area contributed by atoms with Crippen LogP contribution in [-0.4, -0.2) is 11.8 Å². The summed E-state index contributed by atoms with van der Waals surface area (Å²) in [6.45, 7) is 8.32. The van der Waals surface area contributed by atoms with E-state index in [1.54, 1.807) is 0 Å². The number of carbonyl (C=O) groups is 2. The van der Waals surface area contributed by atoms with Gasteiger partial charge in [0.1, 0.15) is 0 Å². The van der Waals surface area contributed by atoms with Crippen molar-refractivity contribution in [3.05, 3.63) is 64.7 Å². The van der Waals surface area contributed by atoms with Crippen molar-refractivity contribution < 1.29 is 9.59 Å². The molecule has 0 fully saturated rings. The second-order valence-electron chi connectivity index (χ2n) is 8.71. The van der Waals surface area contributed by atoms with Crippen molar-refractivity contribution in [1.29, 1.82) is 0 Å². The molecule has 0 radical (unpaired) electrons. The molecule has 2 aromatic carbocycles. The van der Waals surface area contributed by atoms with Crippen LogP contribution in [0.1, 0.15) is 68.8 Å². The van der Waals surface area contributed by atoms with Crippen molar-refractivity contribution in [3.8, 4) is 0 Å². The lowest BCUT2D eigenvalue weighted by Gasteiger charge is -2.20. The maximum absolute atomic E-state index is 12.3. The first kappa shape index (κ1) is 20.1. The van der Waals surface area contributed by atoms with Crippen molar-refractivity contribution in [3.63, 3.8) is 0 Å². The number of fused-ring (bicyclic) bond motifs is 1. The Labute approximate surface area is 167 Å². The van der Waals surface area contributed by atoms with Crippen LogP contribution in [0.3, 0.4) is 0 Å². The van der Waals surface area contributed by atoms with E-state index in [4.69, 9.17) is 0 Å². The van der Waals surface area contributed by atoms with Crippen LogP contribution in [0.25, 0.3) is 0 Å². The molecule has 4 heteroatoms. The first-order chi connectivity index (χ1) is 13.2. The number of nitrogens with one attached hydrogen (secondary N) is 2. The SMILES string of the molecule is CC(NC(=O)C(=O)Nc1ccc(C(C)(C)C)cc1)c1ccc2c(c1)CCCC2. The molecule has 0 heterocycles. The van der Waals surface area contributed by atoms with Crippen molar-refractivity contribution in [2.75, 3.05) is 5.32 Å². The Hall–Kier alpha value is -2.62. The zero-order valence-corrected chi connectivity index (χ0v) is 17.3. The third-order valence-corrected chi connectivity index (χ3v) is 5.44. The summed E-state index contributed by atoms with van der Waals surface area (Å²) in [5.41, 5.74) is 5.66. The van der Waals surface area contributed by atoms with E-state index >= 15 is 0 Å². The van der Waals surface area contributed by atoms with Gasteiger partial charge in [-0.15, -0.1) is 0 Å². The Morgan fingerprint density at radius 3 is 2.18 bits per heavy atom. The highest BCUT2D eigenvalue weighted by Crippen LogP contribution is 2.25. The lowest BCUT2D eigenvalue weighted by atomic mass is 9.87. The normalized spacial score (nSPS) is 14.7. The third kappa shape index (κ3) is 4.80. The lowest BCUT2D eigenvalue weighted by molar-refractivity contribution is -0.136. The van der Waals surface area contributed by atoms with E-state index < -0.39 is 11.8 Å². The second-order valence-corrected chi connectivity index (χ2v) is 8.71. The van der Waals surface area contributed by atoms with Gasteiger partial charge in [0.05, 0.1) is 6.04 Å². The molecule has 28 heavy (non-hydrogen) atoms. The van der Waals surface area contributed by atoms with E-state index in [9.17, 15) is 9.59 Å². The maximum Gasteiger partial charge on any atom is 0.313 e. The molecule has 4 nitrogen and oxygen atoms in total. The Morgan fingerprint density at radius 1 is 0.893 bits per heavy atom. The Kier molecular flexibility index (Phi) is 5.87. The van der Waals surface area contributed by atoms with Gasteiger partial charge in [-0.1, -0.05) is 51.1 Å². The molecule has 2 aromatic rings. The number of hydrogen-bond acceptors (Lipinski definition) is 2. The number of anilines is 1. The Bertz CT molecular complexity index is 863. The average molecular weight is 379 g/mol. The fourth-order valence-corrected chi connectivity index (χ4v) is 3.61. The van der Waals surface area contributed by atoms with Crippen molar-refractivity contribution >= 4 is 17.5 Å². The molecule has 0 aliphatic heterocycles. The van der Waals surface area contributed by atoms with Gasteiger partial charge < -0.3 is 10.6 Å². The first-order valence-electron chi connectivity index (χ1n) is 10.1. The molecule has 1 unspecified atom stereocenters. The van der Waals surface area contributed by atoms with Gasteiger partial charge in [0, 0.05) is 5.69 Å². The Balaban J connectivity index is 1.60. The number of rotatable bonds is 3. The van der Waals surface area contributed by atoms with Crippen LogP contribution in [0.2, 0.25) is 0 Å². The zero-order valence-electron chi connectivity index (χ0n) is 17.3. The molecule has 0 saturated heterocycles. The largest absolute Gasteiger partial charge is 0.341 e. The summed E-state index contributed by atoms with van der Waals surface area (Å²) in [5, 5.41) is 5.48. The summed E-state index contributed by atoms with van der Waals surface area (Å²) in [5.74, 6) is -1.27. The minimum atomic E-state index is -0.645. The molecule has 0 spiro atoms. The summed E-state index contributed by atoms with van der Waals surface area (Å²) in [4.78, 5) is 24.6. The molecular formula is C24H30N2O2. The average Bonchev–Trinajstić information content (AvgIpc) is 2.67. The molecule has 148 valence electrons. The van der Waals surface area contributed by atoms with Gasteiger partial charge in [-0.3, -0.25) is 9.59 Å². The predicted molar refractivity (Wildman–Crippen MR) is 113 cm³/mol. The quantitative estimate of drug-likeness (QED) is 0.762. The van der Waals surface area contributed by atoms with Crippen LogP contribution < -0.4 is 10.6 Å². The Morgan fingerprint density at radius 2 is 1.54 bits per heavy atom. The molecule has 2 amide bonds. The summed E-state index contributed by atoms with van der Waals surface area (Å²) < 4.78 is 0. The predicted octanol–water partition coefficient (Wildman–Crippen LogP) is 4.68. The van der Waals surface area contributed by atoms with Gasteiger partial charge in [0.15, 0.2) is 0 Å². The van der Waals surface area contributed by atoms with Crippen LogP contribution in [0.4, 0.5) is 5.69 Å². The smallest absolute Gasteiger partial charge is 0.313 e. The number of amides is 2. The van der Waals surface area contributed by atoms with Crippen LogP contribution in [0, 0.1) is 0 Å². The number of aryl methyl sites for hydroxylation is 2. The fraction of sp³-hybridized carbons (Fsp3) is 0.417. The van der Waals surface area contributed by atoms with Gasteiger partial charge in [-0.25, -0.2) is 0 Å². The summed E-state index contributed by atoms with van der Waals surface area (Å²) in [6, 6.07) is 13.8. The van der Waals surface area contributed by atoms with Gasteiger partial charge in [-0.05, 0) is 72.4 Å². The van der Waals surface area contributed by atoms with Crippen LogP contribution in [0.5, 0.6) is 0 Å². The molecule has 0 aromatic heterocycles. The zero-order chi connectivity index (χ0) is 20.3. The minimum Gasteiger partial charge on any atom is -0.341 e. The highest BCUT2D eigenvalue weighted by molar-refractivity contribution is 6.39. The van der Waals surface area contributed by atoms with Gasteiger partial charge in [0.25, 0.3) is 0 Å². The minimum absolute atomic E-state index is 0.0459. The highest BCUT2D eigenvalue weighted by atomic mass is 16.2. The summed E-state index contributed by atoms with van der Waals surface area (Å²) in [7, 11) is 0. The third-order valence-electron chi connectivity index (χ3n) is 5.44. The fourth-order valence-electron chi connectivity index (χ4n) is 3.61. The monoisotopic (exact) mass is 378 g/mol. The first-order valence-corrected chi connectivity index (χ1v) is 10.1. The van der Waals surface area contributed by atoms with E-state index in [0.717, 1.165) is 18.4 Å². The number of benzene rings is 2. The molecule has 0 bridgehead atoms. The second kappa shape index (κ2) is 8.17. The molecule has 1 aliphatic rings. The molecule has 2 N–H and O–H groups in total. The topological polar surface area (TPSA) is 58.2 Å². The van der Waals surface area contributed by atoms with Crippen LogP contribution >= 0.6 is 0 Å². The van der Waals surface area contributed by atoms with Gasteiger partial charge in [-0.2, -0.15) is 0 Å². The molecule has 3 rings (SSSR count). The van der Waals surface area contributed by atoms with E-state index in [1.165, 1.54) is 29.5 Å². The highest BCUT2D eigenvalue weighted by Gasteiger charge is 2.19. The van der Waals surface area contributed by atoms with Crippen LogP contribution in [-0.2, 0) is 27.8 Å². The number of hydrogen-bond donors (Lipinski definition) is 2.